The largest absolute Gasteiger partial charge is 0.383 e. The van der Waals surface area contributed by atoms with Gasteiger partial charge in [0.05, 0.1) is 0 Å². The summed E-state index contributed by atoms with van der Waals surface area (Å²) in [6.07, 6.45) is 3.37. The Balaban J connectivity index is 3.79. The summed E-state index contributed by atoms with van der Waals surface area (Å²) in [5.74, 6) is 0.282. The van der Waals surface area contributed by atoms with Crippen LogP contribution in [0.5, 0.6) is 0 Å². The summed E-state index contributed by atoms with van der Waals surface area (Å²) in [7, 11) is 3.79. The number of carbonyl (C=O) groups is 1. The monoisotopic (exact) mass is 141 g/mol. The van der Waals surface area contributed by atoms with E-state index in [4.69, 9.17) is 0 Å². The van der Waals surface area contributed by atoms with Crippen molar-refractivity contribution in [3.8, 4) is 0 Å². The zero-order valence-corrected chi connectivity index (χ0v) is 7.09. The first kappa shape index (κ1) is 9.21. The van der Waals surface area contributed by atoms with Crippen LogP contribution in [-0.2, 0) is 4.79 Å². The summed E-state index contributed by atoms with van der Waals surface area (Å²) >= 11 is 0. The molecule has 0 spiro atoms. The number of hydrogen-bond acceptors (Lipinski definition) is 2. The molecule has 0 bridgehead atoms. The molecule has 0 heterocycles. The molecule has 2 nitrogen and oxygen atoms in total. The summed E-state index contributed by atoms with van der Waals surface area (Å²) in [4.78, 5) is 12.8. The third-order valence-electron chi connectivity index (χ3n) is 1.11. The van der Waals surface area contributed by atoms with Crippen molar-refractivity contribution in [2.24, 2.45) is 5.92 Å². The second kappa shape index (κ2) is 4.09. The molecule has 0 amide bonds. The lowest BCUT2D eigenvalue weighted by Crippen LogP contribution is -2.06. The standard InChI is InChI=1S/C8H15NO/c1-7(2)8(10)5-6-9(3)4/h5-7H,1-4H3/b6-5-. The van der Waals surface area contributed by atoms with Crippen LogP contribution in [0.15, 0.2) is 12.3 Å². The van der Waals surface area contributed by atoms with Gasteiger partial charge in [0.1, 0.15) is 0 Å². The lowest BCUT2D eigenvalue weighted by Gasteiger charge is -2.03. The lowest BCUT2D eigenvalue weighted by atomic mass is 10.1. The van der Waals surface area contributed by atoms with E-state index < -0.39 is 0 Å². The quantitative estimate of drug-likeness (QED) is 0.552. The van der Waals surface area contributed by atoms with E-state index in [9.17, 15) is 4.79 Å². The normalized spacial score (nSPS) is 10.9. The second-order valence-corrected chi connectivity index (χ2v) is 2.84. The molecule has 2 heteroatoms. The number of allylic oxidation sites excluding steroid dienone is 1. The molecule has 0 saturated heterocycles. The van der Waals surface area contributed by atoms with Crippen LogP contribution in [0.1, 0.15) is 13.8 Å². The molecule has 0 aliphatic rings. The zero-order valence-electron chi connectivity index (χ0n) is 7.09. The summed E-state index contributed by atoms with van der Waals surface area (Å²) in [5, 5.41) is 0. The smallest absolute Gasteiger partial charge is 0.159 e. The van der Waals surface area contributed by atoms with E-state index in [1.807, 2.05) is 32.8 Å². The fourth-order valence-corrected chi connectivity index (χ4v) is 0.415. The van der Waals surface area contributed by atoms with E-state index in [0.29, 0.717) is 0 Å². The number of ketones is 1. The van der Waals surface area contributed by atoms with Crippen molar-refractivity contribution in [1.82, 2.24) is 4.90 Å². The van der Waals surface area contributed by atoms with Crippen LogP contribution < -0.4 is 0 Å². The molecule has 58 valence electrons. The SMILES string of the molecule is CC(C)C(=O)/C=C\N(C)C. The Morgan fingerprint density at radius 2 is 1.90 bits per heavy atom. The van der Waals surface area contributed by atoms with Crippen LogP contribution in [-0.4, -0.2) is 24.8 Å². The van der Waals surface area contributed by atoms with Crippen LogP contribution in [0, 0.1) is 5.92 Å². The molecule has 0 aromatic carbocycles. The highest BCUT2D eigenvalue weighted by molar-refractivity contribution is 5.90. The topological polar surface area (TPSA) is 20.3 Å². The Labute approximate surface area is 62.5 Å². The lowest BCUT2D eigenvalue weighted by molar-refractivity contribution is -0.117. The van der Waals surface area contributed by atoms with Gasteiger partial charge in [-0.1, -0.05) is 13.8 Å². The first-order chi connectivity index (χ1) is 4.54. The fraction of sp³-hybridized carbons (Fsp3) is 0.625. The Kier molecular flexibility index (Phi) is 3.77. The van der Waals surface area contributed by atoms with Crippen LogP contribution in [0.4, 0.5) is 0 Å². The molecular formula is C8H15NO. The van der Waals surface area contributed by atoms with E-state index in [1.165, 1.54) is 0 Å². The van der Waals surface area contributed by atoms with Crippen LogP contribution in [0.2, 0.25) is 0 Å². The molecule has 0 saturated carbocycles. The molecular weight excluding hydrogens is 126 g/mol. The summed E-state index contributed by atoms with van der Waals surface area (Å²) < 4.78 is 0. The van der Waals surface area contributed by atoms with Crippen molar-refractivity contribution in [1.29, 1.82) is 0 Å². The second-order valence-electron chi connectivity index (χ2n) is 2.84. The minimum absolute atomic E-state index is 0.108. The van der Waals surface area contributed by atoms with Gasteiger partial charge in [0.2, 0.25) is 0 Å². The van der Waals surface area contributed by atoms with Gasteiger partial charge in [-0.25, -0.2) is 0 Å². The van der Waals surface area contributed by atoms with Gasteiger partial charge in [-0.3, -0.25) is 4.79 Å². The van der Waals surface area contributed by atoms with Crippen molar-refractivity contribution in [3.05, 3.63) is 12.3 Å². The molecule has 0 unspecified atom stereocenters. The minimum Gasteiger partial charge on any atom is -0.383 e. The Morgan fingerprint density at radius 3 is 2.20 bits per heavy atom. The van der Waals surface area contributed by atoms with Gasteiger partial charge in [-0.15, -0.1) is 0 Å². The highest BCUT2D eigenvalue weighted by Crippen LogP contribution is 1.94. The molecule has 10 heavy (non-hydrogen) atoms. The average Bonchev–Trinajstić information content (AvgIpc) is 1.82. The first-order valence-electron chi connectivity index (χ1n) is 3.42. The number of rotatable bonds is 3. The molecule has 0 aliphatic heterocycles. The van der Waals surface area contributed by atoms with Crippen molar-refractivity contribution in [2.45, 2.75) is 13.8 Å². The zero-order chi connectivity index (χ0) is 8.15. The summed E-state index contributed by atoms with van der Waals surface area (Å²) in [6, 6.07) is 0. The van der Waals surface area contributed by atoms with Crippen molar-refractivity contribution in [3.63, 3.8) is 0 Å². The Hall–Kier alpha value is -0.790. The predicted octanol–water partition coefficient (Wildman–Crippen LogP) is 1.29. The van der Waals surface area contributed by atoms with Gasteiger partial charge >= 0.3 is 0 Å². The van der Waals surface area contributed by atoms with Crippen LogP contribution in [0.25, 0.3) is 0 Å². The summed E-state index contributed by atoms with van der Waals surface area (Å²) in [6.45, 7) is 3.78. The van der Waals surface area contributed by atoms with Gasteiger partial charge in [0.15, 0.2) is 5.78 Å². The Morgan fingerprint density at radius 1 is 1.40 bits per heavy atom. The van der Waals surface area contributed by atoms with E-state index in [-0.39, 0.29) is 11.7 Å². The number of hydrogen-bond donors (Lipinski definition) is 0. The molecule has 0 atom stereocenters. The maximum atomic E-state index is 10.9. The minimum atomic E-state index is 0.108. The van der Waals surface area contributed by atoms with E-state index in [1.54, 1.807) is 12.3 Å². The van der Waals surface area contributed by atoms with Crippen LogP contribution >= 0.6 is 0 Å². The maximum absolute atomic E-state index is 10.9. The molecule has 0 aliphatic carbocycles. The molecule has 0 rings (SSSR count). The van der Waals surface area contributed by atoms with Crippen molar-refractivity contribution >= 4 is 5.78 Å². The molecule has 0 aromatic rings. The molecule has 0 fully saturated rings. The highest BCUT2D eigenvalue weighted by Gasteiger charge is 2.00. The van der Waals surface area contributed by atoms with Crippen LogP contribution in [0.3, 0.4) is 0 Å². The number of carbonyl (C=O) groups excluding carboxylic acids is 1. The van der Waals surface area contributed by atoms with Crippen molar-refractivity contribution in [2.75, 3.05) is 14.1 Å². The van der Waals surface area contributed by atoms with Gasteiger partial charge < -0.3 is 4.90 Å². The summed E-state index contributed by atoms with van der Waals surface area (Å²) in [5.41, 5.74) is 0. The van der Waals surface area contributed by atoms with Gasteiger partial charge in [-0.05, 0) is 6.08 Å². The molecule has 0 radical (unpaired) electrons. The van der Waals surface area contributed by atoms with Gasteiger partial charge in [0, 0.05) is 26.2 Å². The third kappa shape index (κ3) is 4.13. The highest BCUT2D eigenvalue weighted by atomic mass is 16.1. The van der Waals surface area contributed by atoms with E-state index in [2.05, 4.69) is 0 Å². The average molecular weight is 141 g/mol. The van der Waals surface area contributed by atoms with E-state index >= 15 is 0 Å². The predicted molar refractivity (Wildman–Crippen MR) is 42.7 cm³/mol. The number of nitrogens with zero attached hydrogens (tertiary/aromatic N) is 1. The maximum Gasteiger partial charge on any atom is 0.159 e. The Bertz CT molecular complexity index is 136. The van der Waals surface area contributed by atoms with Crippen molar-refractivity contribution < 1.29 is 4.79 Å². The van der Waals surface area contributed by atoms with Gasteiger partial charge in [-0.2, -0.15) is 0 Å². The molecule has 0 aromatic heterocycles. The fourth-order valence-electron chi connectivity index (χ4n) is 0.415. The van der Waals surface area contributed by atoms with Gasteiger partial charge in [0.25, 0.3) is 0 Å². The van der Waals surface area contributed by atoms with E-state index in [0.717, 1.165) is 0 Å². The molecule has 0 N–H and O–H groups in total. The third-order valence-corrected chi connectivity index (χ3v) is 1.11. The first-order valence-corrected chi connectivity index (χ1v) is 3.42.